The number of nitrogens with one attached hydrogen (secondary N) is 1. The molecule has 1 aliphatic heterocycles. The minimum Gasteiger partial charge on any atom is -0.338 e. The molecule has 5 rings (SSSR count). The predicted octanol–water partition coefficient (Wildman–Crippen LogP) is 3.24. The summed E-state index contributed by atoms with van der Waals surface area (Å²) in [4.78, 5) is 35.0. The van der Waals surface area contributed by atoms with Gasteiger partial charge in [0.05, 0.1) is 6.54 Å². The van der Waals surface area contributed by atoms with Crippen molar-refractivity contribution in [3.8, 4) is 0 Å². The lowest BCUT2D eigenvalue weighted by atomic mass is 9.96. The van der Waals surface area contributed by atoms with Gasteiger partial charge in [-0.2, -0.15) is 0 Å². The molecule has 1 N–H and O–H groups in total. The van der Waals surface area contributed by atoms with Gasteiger partial charge in [0.15, 0.2) is 11.2 Å². The summed E-state index contributed by atoms with van der Waals surface area (Å²) in [6, 6.07) is 16.7. The van der Waals surface area contributed by atoms with E-state index in [0.29, 0.717) is 41.7 Å². The molecule has 0 radical (unpaired) electrons. The van der Waals surface area contributed by atoms with Gasteiger partial charge < -0.3 is 9.88 Å². The zero-order valence-electron chi connectivity index (χ0n) is 17.2. The van der Waals surface area contributed by atoms with E-state index in [-0.39, 0.29) is 22.9 Å². The Labute approximate surface area is 188 Å². The molecule has 8 nitrogen and oxygen atoms in total. The maximum Gasteiger partial charge on any atom is 0.281 e. The fraction of sp³-hybridized carbons (Fsp3) is 0.261. The van der Waals surface area contributed by atoms with E-state index in [0.717, 1.165) is 18.4 Å². The Morgan fingerprint density at radius 2 is 1.91 bits per heavy atom. The maximum atomic E-state index is 12.9. The normalized spacial score (nSPS) is 16.4. The molecule has 1 unspecified atom stereocenters. The quantitative estimate of drug-likeness (QED) is 0.517. The highest BCUT2D eigenvalue weighted by atomic mass is 35.5. The number of fused-ring (bicyclic) bond motifs is 1. The molecule has 9 heteroatoms. The number of hydrogen-bond donors (Lipinski definition) is 1. The number of rotatable bonds is 4. The lowest BCUT2D eigenvalue weighted by Gasteiger charge is -2.32. The summed E-state index contributed by atoms with van der Waals surface area (Å²) in [6.07, 6.45) is 1.66. The number of carbonyl (C=O) groups is 1. The average Bonchev–Trinajstić information content (AvgIpc) is 3.23. The highest BCUT2D eigenvalue weighted by Crippen LogP contribution is 2.26. The van der Waals surface area contributed by atoms with Gasteiger partial charge in [0.2, 0.25) is 0 Å². The van der Waals surface area contributed by atoms with Crippen LogP contribution in [0.15, 0.2) is 59.4 Å². The minimum absolute atomic E-state index is 0.0504. The first-order valence-corrected chi connectivity index (χ1v) is 10.9. The highest BCUT2D eigenvalue weighted by molar-refractivity contribution is 6.30. The molecule has 1 saturated heterocycles. The van der Waals surface area contributed by atoms with E-state index in [4.69, 9.17) is 16.6 Å². The fourth-order valence-corrected chi connectivity index (χ4v) is 4.23. The molecule has 32 heavy (non-hydrogen) atoms. The molecule has 0 aliphatic carbocycles. The molecule has 1 fully saturated rings. The molecule has 0 saturated carbocycles. The van der Waals surface area contributed by atoms with Gasteiger partial charge in [-0.25, -0.2) is 9.67 Å². The predicted molar refractivity (Wildman–Crippen MR) is 121 cm³/mol. The number of likely N-dealkylation sites (tertiary alicyclic amines) is 1. The number of piperidine rings is 1. The SMILES string of the molecule is O=C(c1ccc(Cl)cc1)N1CCCC(c2nc3c(nnn3Cc3ccccc3)c(=O)[nH]2)C1. The molecular formula is C23H21ClN6O2. The third-order valence-electron chi connectivity index (χ3n) is 5.75. The first-order valence-electron chi connectivity index (χ1n) is 10.5. The molecular weight excluding hydrogens is 428 g/mol. The van der Waals surface area contributed by atoms with Crippen LogP contribution >= 0.6 is 11.6 Å². The average molecular weight is 449 g/mol. The van der Waals surface area contributed by atoms with Gasteiger partial charge in [-0.1, -0.05) is 47.1 Å². The van der Waals surface area contributed by atoms with Gasteiger partial charge in [0.1, 0.15) is 5.82 Å². The summed E-state index contributed by atoms with van der Waals surface area (Å²) in [6.45, 7) is 1.62. The van der Waals surface area contributed by atoms with E-state index < -0.39 is 0 Å². The van der Waals surface area contributed by atoms with Crippen LogP contribution in [0.3, 0.4) is 0 Å². The Morgan fingerprint density at radius 3 is 2.69 bits per heavy atom. The highest BCUT2D eigenvalue weighted by Gasteiger charge is 2.28. The smallest absolute Gasteiger partial charge is 0.281 e. The zero-order valence-corrected chi connectivity index (χ0v) is 18.0. The maximum absolute atomic E-state index is 12.9. The molecule has 0 spiro atoms. The molecule has 0 bridgehead atoms. The zero-order chi connectivity index (χ0) is 22.1. The molecule has 4 aromatic rings. The third-order valence-corrected chi connectivity index (χ3v) is 6.01. The number of halogens is 1. The van der Waals surface area contributed by atoms with E-state index in [2.05, 4.69) is 15.3 Å². The number of benzene rings is 2. The Morgan fingerprint density at radius 1 is 1.12 bits per heavy atom. The Bertz CT molecular complexity index is 1320. The molecule has 2 aromatic heterocycles. The summed E-state index contributed by atoms with van der Waals surface area (Å²) in [5.74, 6) is 0.440. The van der Waals surface area contributed by atoms with Crippen molar-refractivity contribution in [1.82, 2.24) is 29.9 Å². The van der Waals surface area contributed by atoms with Crippen LogP contribution in [-0.2, 0) is 6.54 Å². The standard InChI is InChI=1S/C23H21ClN6O2/c24-18-10-8-16(9-11-18)23(32)29-12-4-7-17(14-29)20-25-21-19(22(31)26-20)27-28-30(21)13-15-5-2-1-3-6-15/h1-3,5-6,8-11,17H,4,7,12-14H2,(H,25,26,31). The lowest BCUT2D eigenvalue weighted by Crippen LogP contribution is -2.40. The Kier molecular flexibility index (Phi) is 5.45. The van der Waals surface area contributed by atoms with Gasteiger partial charge in [0, 0.05) is 29.6 Å². The summed E-state index contributed by atoms with van der Waals surface area (Å²) in [5.41, 5.74) is 1.99. The Balaban J connectivity index is 1.42. The number of aromatic amines is 1. The van der Waals surface area contributed by atoms with Crippen LogP contribution in [0, 0.1) is 0 Å². The first kappa shape index (κ1) is 20.4. The molecule has 1 atom stereocenters. The molecule has 1 aliphatic rings. The van der Waals surface area contributed by atoms with Crippen molar-refractivity contribution in [1.29, 1.82) is 0 Å². The van der Waals surface area contributed by atoms with Crippen molar-refractivity contribution in [2.24, 2.45) is 0 Å². The first-order chi connectivity index (χ1) is 15.6. The van der Waals surface area contributed by atoms with Gasteiger partial charge in [-0.3, -0.25) is 9.59 Å². The van der Waals surface area contributed by atoms with Crippen LogP contribution in [0.25, 0.3) is 11.2 Å². The van der Waals surface area contributed by atoms with Crippen molar-refractivity contribution >= 4 is 28.7 Å². The second-order valence-electron chi connectivity index (χ2n) is 7.95. The van der Waals surface area contributed by atoms with Gasteiger partial charge in [-0.15, -0.1) is 5.10 Å². The summed E-state index contributed by atoms with van der Waals surface area (Å²) < 4.78 is 1.64. The van der Waals surface area contributed by atoms with Gasteiger partial charge in [0.25, 0.3) is 11.5 Å². The van der Waals surface area contributed by atoms with E-state index in [1.165, 1.54) is 0 Å². The number of carbonyl (C=O) groups excluding carboxylic acids is 1. The third kappa shape index (κ3) is 4.01. The number of aromatic nitrogens is 5. The van der Waals surface area contributed by atoms with Crippen LogP contribution in [0.2, 0.25) is 5.02 Å². The molecule has 3 heterocycles. The second kappa shape index (κ2) is 8.55. The van der Waals surface area contributed by atoms with E-state index in [1.54, 1.807) is 33.8 Å². The number of H-pyrrole nitrogens is 1. The Hall–Kier alpha value is -3.52. The summed E-state index contributed by atoms with van der Waals surface area (Å²) in [7, 11) is 0. The number of amides is 1. The van der Waals surface area contributed by atoms with Gasteiger partial charge in [-0.05, 0) is 42.7 Å². The van der Waals surface area contributed by atoms with Crippen molar-refractivity contribution < 1.29 is 4.79 Å². The minimum atomic E-state index is -0.314. The van der Waals surface area contributed by atoms with Crippen LogP contribution in [0.1, 0.15) is 40.5 Å². The number of nitrogens with zero attached hydrogens (tertiary/aromatic N) is 5. The molecule has 1 amide bonds. The second-order valence-corrected chi connectivity index (χ2v) is 8.39. The largest absolute Gasteiger partial charge is 0.338 e. The lowest BCUT2D eigenvalue weighted by molar-refractivity contribution is 0.0704. The van der Waals surface area contributed by atoms with E-state index >= 15 is 0 Å². The summed E-state index contributed by atoms with van der Waals surface area (Å²) >= 11 is 5.94. The molecule has 162 valence electrons. The van der Waals surface area contributed by atoms with Crippen molar-refractivity contribution in [3.05, 3.63) is 86.9 Å². The van der Waals surface area contributed by atoms with Crippen LogP contribution in [-0.4, -0.2) is 48.9 Å². The summed E-state index contributed by atoms with van der Waals surface area (Å²) in [5, 5.41) is 8.75. The van der Waals surface area contributed by atoms with Crippen LogP contribution in [0.5, 0.6) is 0 Å². The topological polar surface area (TPSA) is 96.8 Å². The van der Waals surface area contributed by atoms with Crippen LogP contribution < -0.4 is 5.56 Å². The fourth-order valence-electron chi connectivity index (χ4n) is 4.10. The molecule has 2 aromatic carbocycles. The van der Waals surface area contributed by atoms with Crippen molar-refractivity contribution in [2.45, 2.75) is 25.3 Å². The monoisotopic (exact) mass is 448 g/mol. The number of hydrogen-bond acceptors (Lipinski definition) is 5. The van der Waals surface area contributed by atoms with Crippen molar-refractivity contribution in [3.63, 3.8) is 0 Å². The van der Waals surface area contributed by atoms with Gasteiger partial charge >= 0.3 is 0 Å². The van der Waals surface area contributed by atoms with Crippen molar-refractivity contribution in [2.75, 3.05) is 13.1 Å². The van der Waals surface area contributed by atoms with E-state index in [9.17, 15) is 9.59 Å². The van der Waals surface area contributed by atoms with Crippen LogP contribution in [0.4, 0.5) is 0 Å². The van der Waals surface area contributed by atoms with E-state index in [1.807, 2.05) is 30.3 Å².